The normalized spacial score (nSPS) is 10.7. The van der Waals surface area contributed by atoms with E-state index in [9.17, 15) is 19.2 Å². The molecule has 0 amide bonds. The van der Waals surface area contributed by atoms with Gasteiger partial charge in [0.25, 0.3) is 0 Å². The SMILES string of the molecule is O=C(O)CCc1ccccc1COc1cccc(OCc2ccc3ccccc3n2)c1.O=C(O)Cc1cccc(COc2cccc(OCc3ccc4ccccc4n3)c2)c1.O=C(O)c1ccc(COc2ccc(SCc3ccc4ccccc4n3)cc2)cc1.O=C(O)c1cccc(COc2cccc(SCc3ccc4ccccc4n3)c2)c1. The van der Waals surface area contributed by atoms with Gasteiger partial charge in [0, 0.05) is 61.4 Å². The zero-order valence-corrected chi connectivity index (χ0v) is 66.2. The van der Waals surface area contributed by atoms with Crippen LogP contribution in [-0.2, 0) is 73.6 Å². The second-order valence-corrected chi connectivity index (χ2v) is 29.3. The minimum Gasteiger partial charge on any atom is -0.489 e. The lowest BCUT2D eigenvalue weighted by Crippen LogP contribution is -2.03. The van der Waals surface area contributed by atoms with E-state index >= 15 is 0 Å². The second-order valence-electron chi connectivity index (χ2n) is 27.2. The fraction of sp³-hybridized carbons (Fsp3) is 0.111. The van der Waals surface area contributed by atoms with Crippen molar-refractivity contribution in [1.82, 2.24) is 19.9 Å². The Labute approximate surface area is 696 Å². The number of fused-ring (bicyclic) bond motifs is 4. The number of hydrogen-bond acceptors (Lipinski definition) is 16. The predicted molar refractivity (Wildman–Crippen MR) is 465 cm³/mol. The molecule has 4 aromatic heterocycles. The summed E-state index contributed by atoms with van der Waals surface area (Å²) in [6, 6.07) is 108. The molecular weight excluding hydrogens is 1530 g/mol. The van der Waals surface area contributed by atoms with Crippen molar-refractivity contribution in [2.24, 2.45) is 0 Å². The Bertz CT molecular complexity index is 6130. The summed E-state index contributed by atoms with van der Waals surface area (Å²) in [6.45, 7) is 2.17. The molecule has 0 spiro atoms. The number of pyridine rings is 4. The van der Waals surface area contributed by atoms with Crippen LogP contribution in [0.1, 0.15) is 83.3 Å². The summed E-state index contributed by atoms with van der Waals surface area (Å²) in [5, 5.41) is 40.4. The zero-order valence-electron chi connectivity index (χ0n) is 64.6. The number of aromatic carboxylic acids is 2. The van der Waals surface area contributed by atoms with Crippen LogP contribution in [0.4, 0.5) is 0 Å². The molecule has 0 saturated heterocycles. The summed E-state index contributed by atoms with van der Waals surface area (Å²) in [6.07, 6.45) is 0.583. The Kier molecular flexibility index (Phi) is 29.4. The van der Waals surface area contributed by atoms with E-state index in [1.807, 2.05) is 255 Å². The standard InChI is InChI=1S/C26H23NO4.C25H21NO4.2C24H19NO3S/c28-26(29)15-13-19-6-1-2-8-21(19)17-30-23-9-5-10-24(16-23)31-18-22-14-12-20-7-3-4-11-25(20)27-22;27-25(28)14-18-5-3-6-19(13-18)16-29-22-8-4-9-23(15-22)30-17-21-12-11-20-7-1-2-10-24(20)26-21;26-24(27)19-7-3-5-17(13-19)15-28-21-8-4-9-22(14-21)29-16-20-12-11-18-6-1-2-10-23(18)25-20;26-24(27)19-7-5-17(6-8-19)15-28-21-11-13-22(14-12-21)29-16-20-10-9-18-3-1-2-4-23(18)25-20/h1-12,14,16H,13,15,17-18H2,(H,28,29);1-13,15H,14,16-17H2,(H,27,28);2*1-14H,15-16H2,(H,26,27). The molecule has 4 heterocycles. The molecular formula is C99H82N4O14S2. The van der Waals surface area contributed by atoms with Crippen LogP contribution in [0.5, 0.6) is 34.5 Å². The zero-order chi connectivity index (χ0) is 82.3. The van der Waals surface area contributed by atoms with E-state index in [0.29, 0.717) is 69.1 Å². The van der Waals surface area contributed by atoms with Crippen LogP contribution in [0.2, 0.25) is 0 Å². The molecule has 20 heteroatoms. The molecule has 12 aromatic carbocycles. The van der Waals surface area contributed by atoms with Gasteiger partial charge in [0.1, 0.15) is 74.1 Å². The van der Waals surface area contributed by atoms with Crippen molar-refractivity contribution in [2.75, 3.05) is 0 Å². The third-order valence-corrected chi connectivity index (χ3v) is 20.5. The van der Waals surface area contributed by atoms with Crippen LogP contribution < -0.4 is 28.4 Å². The number of carboxylic acids is 4. The number of nitrogens with zero attached hydrogens (tertiary/aromatic N) is 4. The number of carboxylic acid groups (broad SMARTS) is 4. The van der Waals surface area contributed by atoms with Crippen molar-refractivity contribution in [1.29, 1.82) is 0 Å². The fourth-order valence-electron chi connectivity index (χ4n) is 12.4. The number of aliphatic carboxylic acids is 2. The maximum Gasteiger partial charge on any atom is 0.335 e. The first kappa shape index (κ1) is 82.6. The number of hydrogen-bond donors (Lipinski definition) is 4. The summed E-state index contributed by atoms with van der Waals surface area (Å²) in [5.74, 6) is 2.36. The molecule has 0 aliphatic heterocycles. The van der Waals surface area contributed by atoms with E-state index in [2.05, 4.69) is 46.4 Å². The molecule has 0 fully saturated rings. The number of para-hydroxylation sites is 4. The van der Waals surface area contributed by atoms with Gasteiger partial charge < -0.3 is 48.8 Å². The number of rotatable bonds is 31. The highest BCUT2D eigenvalue weighted by atomic mass is 32.2. The van der Waals surface area contributed by atoms with Crippen molar-refractivity contribution in [3.05, 3.63) is 407 Å². The Morgan fingerprint density at radius 1 is 0.269 bits per heavy atom. The van der Waals surface area contributed by atoms with Crippen molar-refractivity contribution in [2.45, 2.75) is 80.2 Å². The van der Waals surface area contributed by atoms with Crippen LogP contribution in [0.3, 0.4) is 0 Å². The molecule has 119 heavy (non-hydrogen) atoms. The van der Waals surface area contributed by atoms with Gasteiger partial charge in [0.15, 0.2) is 0 Å². The summed E-state index contributed by atoms with van der Waals surface area (Å²) < 4.78 is 35.3. The Hall–Kier alpha value is -14.3. The van der Waals surface area contributed by atoms with Gasteiger partial charge in [-0.15, -0.1) is 23.5 Å². The average molecular weight is 1620 g/mol. The topological polar surface area (TPSA) is 256 Å². The van der Waals surface area contributed by atoms with E-state index in [1.165, 1.54) is 0 Å². The lowest BCUT2D eigenvalue weighted by atomic mass is 10.0. The second kappa shape index (κ2) is 42.3. The monoisotopic (exact) mass is 1610 g/mol. The molecule has 4 N–H and O–H groups in total. The summed E-state index contributed by atoms with van der Waals surface area (Å²) in [5.41, 5.74) is 13.6. The molecule has 16 rings (SSSR count). The lowest BCUT2D eigenvalue weighted by molar-refractivity contribution is -0.137. The van der Waals surface area contributed by atoms with Crippen molar-refractivity contribution >= 4 is 91.0 Å². The molecule has 18 nitrogen and oxygen atoms in total. The highest BCUT2D eigenvalue weighted by Crippen LogP contribution is 2.31. The van der Waals surface area contributed by atoms with E-state index < -0.39 is 23.9 Å². The minimum atomic E-state index is -0.937. The molecule has 0 bridgehead atoms. The van der Waals surface area contributed by atoms with Crippen molar-refractivity contribution < 1.29 is 68.0 Å². The Morgan fingerprint density at radius 2 is 0.664 bits per heavy atom. The molecule has 0 unspecified atom stereocenters. The first-order valence-corrected chi connectivity index (χ1v) is 40.2. The van der Waals surface area contributed by atoms with Crippen LogP contribution in [0.25, 0.3) is 43.6 Å². The van der Waals surface area contributed by atoms with Gasteiger partial charge in [-0.25, -0.2) is 19.6 Å². The summed E-state index contributed by atoms with van der Waals surface area (Å²) >= 11 is 3.44. The maximum atomic E-state index is 11.1. The lowest BCUT2D eigenvalue weighted by Gasteiger charge is -2.12. The van der Waals surface area contributed by atoms with Gasteiger partial charge >= 0.3 is 23.9 Å². The van der Waals surface area contributed by atoms with Crippen LogP contribution in [-0.4, -0.2) is 64.2 Å². The smallest absolute Gasteiger partial charge is 0.335 e. The first-order valence-electron chi connectivity index (χ1n) is 38.2. The number of thioether (sulfide) groups is 2. The average Bonchev–Trinajstić information content (AvgIpc) is 0.850. The third kappa shape index (κ3) is 25.8. The highest BCUT2D eigenvalue weighted by molar-refractivity contribution is 7.98. The number of aromatic nitrogens is 4. The van der Waals surface area contributed by atoms with Crippen LogP contribution in [0.15, 0.2) is 350 Å². The van der Waals surface area contributed by atoms with Crippen molar-refractivity contribution in [3.8, 4) is 34.5 Å². The quantitative estimate of drug-likeness (QED) is 0.0295. The summed E-state index contributed by atoms with van der Waals surface area (Å²) in [7, 11) is 0. The molecule has 0 saturated carbocycles. The number of aryl methyl sites for hydroxylation is 1. The van der Waals surface area contributed by atoms with Gasteiger partial charge in [0.05, 0.1) is 62.4 Å². The third-order valence-electron chi connectivity index (χ3n) is 18.5. The Balaban J connectivity index is 0.000000137. The van der Waals surface area contributed by atoms with Crippen molar-refractivity contribution in [3.63, 3.8) is 0 Å². The molecule has 0 aliphatic carbocycles. The van der Waals surface area contributed by atoms with Gasteiger partial charge in [-0.2, -0.15) is 0 Å². The molecule has 0 radical (unpaired) electrons. The highest BCUT2D eigenvalue weighted by Gasteiger charge is 2.13. The van der Waals surface area contributed by atoms with Gasteiger partial charge in [0.2, 0.25) is 0 Å². The van der Waals surface area contributed by atoms with E-state index in [1.54, 1.807) is 72.1 Å². The maximum absolute atomic E-state index is 11.1. The van der Waals surface area contributed by atoms with E-state index in [0.717, 1.165) is 133 Å². The van der Waals surface area contributed by atoms with Crippen LogP contribution in [0, 0.1) is 0 Å². The van der Waals surface area contributed by atoms with Crippen LogP contribution >= 0.6 is 23.5 Å². The summed E-state index contributed by atoms with van der Waals surface area (Å²) in [4.78, 5) is 64.6. The predicted octanol–water partition coefficient (Wildman–Crippen LogP) is 22.0. The van der Waals surface area contributed by atoms with Gasteiger partial charge in [-0.3, -0.25) is 19.6 Å². The Morgan fingerprint density at radius 3 is 1.17 bits per heavy atom. The fourth-order valence-corrected chi connectivity index (χ4v) is 14.0. The molecule has 0 atom stereocenters. The number of benzene rings is 12. The van der Waals surface area contributed by atoms with Gasteiger partial charge in [-0.05, 0) is 179 Å². The number of ether oxygens (including phenoxy) is 6. The number of carbonyl (C=O) groups is 4. The first-order chi connectivity index (χ1) is 58.2. The van der Waals surface area contributed by atoms with E-state index in [-0.39, 0.29) is 24.0 Å². The minimum absolute atomic E-state index is 0.0000270. The van der Waals surface area contributed by atoms with E-state index in [4.69, 9.17) is 58.8 Å². The molecule has 594 valence electrons. The largest absolute Gasteiger partial charge is 0.489 e. The molecule has 16 aromatic rings. The van der Waals surface area contributed by atoms with Gasteiger partial charge in [-0.1, -0.05) is 188 Å². The molecule has 0 aliphatic rings.